The highest BCUT2D eigenvalue weighted by molar-refractivity contribution is 5.87. The minimum atomic E-state index is -0.648. The maximum atomic E-state index is 13.4. The number of rotatable bonds is 9. The molecule has 1 aliphatic rings. The summed E-state index contributed by atoms with van der Waals surface area (Å²) >= 11 is 0. The normalized spacial score (nSPS) is 14.5. The number of tetrazole rings is 1. The molecule has 3 aromatic rings. The van der Waals surface area contributed by atoms with Crippen molar-refractivity contribution in [2.75, 3.05) is 7.11 Å². The lowest BCUT2D eigenvalue weighted by molar-refractivity contribution is -0.141. The van der Waals surface area contributed by atoms with E-state index in [1.54, 1.807) is 18.9 Å². The molecule has 2 amide bonds. The van der Waals surface area contributed by atoms with E-state index in [1.165, 1.54) is 4.80 Å². The summed E-state index contributed by atoms with van der Waals surface area (Å²) in [6, 6.07) is 14.8. The van der Waals surface area contributed by atoms with Gasteiger partial charge in [-0.2, -0.15) is 4.80 Å². The SMILES string of the molecule is COc1ccc(CN(C(=O)Cn2nnc(-c3ccc(C)cc3)n2)[C@H](C)C(=O)NC2CCCC2)cc1. The molecule has 9 nitrogen and oxygen atoms in total. The molecule has 0 spiro atoms. The summed E-state index contributed by atoms with van der Waals surface area (Å²) in [7, 11) is 1.61. The number of carbonyl (C=O) groups excluding carboxylic acids is 2. The summed E-state index contributed by atoms with van der Waals surface area (Å²) in [6.07, 6.45) is 4.20. The zero-order chi connectivity index (χ0) is 24.8. The monoisotopic (exact) mass is 476 g/mol. The second kappa shape index (κ2) is 11.1. The fourth-order valence-corrected chi connectivity index (χ4v) is 4.24. The Morgan fingerprint density at radius 2 is 1.80 bits per heavy atom. The number of amides is 2. The van der Waals surface area contributed by atoms with Gasteiger partial charge in [-0.15, -0.1) is 10.2 Å². The molecule has 4 rings (SSSR count). The first-order valence-corrected chi connectivity index (χ1v) is 12.0. The van der Waals surface area contributed by atoms with E-state index in [0.29, 0.717) is 5.82 Å². The van der Waals surface area contributed by atoms with Crippen molar-refractivity contribution in [2.24, 2.45) is 0 Å². The number of aromatic nitrogens is 4. The first kappa shape index (κ1) is 24.4. The first-order chi connectivity index (χ1) is 16.9. The van der Waals surface area contributed by atoms with Crippen LogP contribution in [0.3, 0.4) is 0 Å². The van der Waals surface area contributed by atoms with E-state index in [1.807, 2.05) is 55.5 Å². The molecule has 1 saturated carbocycles. The second-order valence-corrected chi connectivity index (χ2v) is 9.05. The lowest BCUT2D eigenvalue weighted by Crippen LogP contribution is -2.50. The molecule has 1 atom stereocenters. The van der Waals surface area contributed by atoms with Crippen LogP contribution < -0.4 is 10.1 Å². The average Bonchev–Trinajstić information content (AvgIpc) is 3.55. The molecule has 184 valence electrons. The number of hydrogen-bond acceptors (Lipinski definition) is 6. The number of nitrogens with zero attached hydrogens (tertiary/aromatic N) is 5. The van der Waals surface area contributed by atoms with Crippen LogP contribution in [0.25, 0.3) is 11.4 Å². The van der Waals surface area contributed by atoms with Crippen molar-refractivity contribution in [1.82, 2.24) is 30.4 Å². The Bertz CT molecular complexity index is 1140. The van der Waals surface area contributed by atoms with Gasteiger partial charge in [-0.05, 0) is 49.6 Å². The fraction of sp³-hybridized carbons (Fsp3) is 0.423. The smallest absolute Gasteiger partial charge is 0.247 e. The van der Waals surface area contributed by atoms with Gasteiger partial charge in [0, 0.05) is 18.2 Å². The molecule has 1 aliphatic carbocycles. The van der Waals surface area contributed by atoms with Gasteiger partial charge >= 0.3 is 0 Å². The van der Waals surface area contributed by atoms with E-state index >= 15 is 0 Å². The van der Waals surface area contributed by atoms with E-state index in [0.717, 1.165) is 48.1 Å². The van der Waals surface area contributed by atoms with Gasteiger partial charge < -0.3 is 15.0 Å². The molecular weight excluding hydrogens is 444 g/mol. The van der Waals surface area contributed by atoms with Crippen LogP contribution in [0.15, 0.2) is 48.5 Å². The molecule has 9 heteroatoms. The van der Waals surface area contributed by atoms with Crippen LogP contribution in [0.4, 0.5) is 0 Å². The Kier molecular flexibility index (Phi) is 7.74. The third kappa shape index (κ3) is 6.23. The van der Waals surface area contributed by atoms with Gasteiger partial charge in [0.1, 0.15) is 18.3 Å². The van der Waals surface area contributed by atoms with Crippen LogP contribution in [-0.4, -0.2) is 56.1 Å². The predicted octanol–water partition coefficient (Wildman–Crippen LogP) is 3.13. The van der Waals surface area contributed by atoms with Crippen LogP contribution in [-0.2, 0) is 22.7 Å². The minimum Gasteiger partial charge on any atom is -0.497 e. The Balaban J connectivity index is 1.50. The number of methoxy groups -OCH3 is 1. The molecule has 0 unspecified atom stereocenters. The summed E-state index contributed by atoms with van der Waals surface area (Å²) in [4.78, 5) is 29.3. The van der Waals surface area contributed by atoms with Crippen molar-refractivity contribution in [3.63, 3.8) is 0 Å². The molecule has 1 aromatic heterocycles. The molecule has 0 radical (unpaired) electrons. The molecule has 2 aromatic carbocycles. The van der Waals surface area contributed by atoms with Crippen LogP contribution in [0.1, 0.15) is 43.7 Å². The third-order valence-electron chi connectivity index (χ3n) is 6.42. The molecule has 0 aliphatic heterocycles. The number of benzene rings is 2. The summed E-state index contributed by atoms with van der Waals surface area (Å²) in [5, 5.41) is 15.7. The second-order valence-electron chi connectivity index (χ2n) is 9.05. The standard InChI is InChI=1S/C26H32N6O3/c1-18-8-12-21(13-9-18)25-28-30-32(29-25)17-24(33)31(16-20-10-14-23(35-3)15-11-20)19(2)26(34)27-22-6-4-5-7-22/h8-15,19,22H,4-7,16-17H2,1-3H3,(H,27,34)/t19-/m1/s1. The molecule has 35 heavy (non-hydrogen) atoms. The van der Waals surface area contributed by atoms with Crippen molar-refractivity contribution >= 4 is 11.8 Å². The highest BCUT2D eigenvalue weighted by Gasteiger charge is 2.29. The molecular formula is C26H32N6O3. The Morgan fingerprint density at radius 3 is 2.46 bits per heavy atom. The van der Waals surface area contributed by atoms with Crippen LogP contribution >= 0.6 is 0 Å². The number of aryl methyl sites for hydroxylation is 1. The lowest BCUT2D eigenvalue weighted by atomic mass is 10.1. The van der Waals surface area contributed by atoms with Crippen LogP contribution in [0.2, 0.25) is 0 Å². The Labute approximate surface area is 205 Å². The average molecular weight is 477 g/mol. The minimum absolute atomic E-state index is 0.115. The van der Waals surface area contributed by atoms with E-state index in [2.05, 4.69) is 20.7 Å². The third-order valence-corrected chi connectivity index (χ3v) is 6.42. The van der Waals surface area contributed by atoms with Gasteiger partial charge in [0.25, 0.3) is 0 Å². The molecule has 1 heterocycles. The number of ether oxygens (including phenoxy) is 1. The fourth-order valence-electron chi connectivity index (χ4n) is 4.24. The maximum absolute atomic E-state index is 13.4. The molecule has 0 saturated heterocycles. The number of nitrogens with one attached hydrogen (secondary N) is 1. The van der Waals surface area contributed by atoms with Crippen molar-refractivity contribution in [3.05, 3.63) is 59.7 Å². The zero-order valence-corrected chi connectivity index (χ0v) is 20.5. The van der Waals surface area contributed by atoms with E-state index < -0.39 is 6.04 Å². The highest BCUT2D eigenvalue weighted by atomic mass is 16.5. The van der Waals surface area contributed by atoms with Gasteiger partial charge in [0.2, 0.25) is 17.6 Å². The maximum Gasteiger partial charge on any atom is 0.247 e. The molecule has 1 fully saturated rings. The van der Waals surface area contributed by atoms with Crippen molar-refractivity contribution < 1.29 is 14.3 Å². The highest BCUT2D eigenvalue weighted by Crippen LogP contribution is 2.19. The van der Waals surface area contributed by atoms with Crippen LogP contribution in [0, 0.1) is 6.92 Å². The zero-order valence-electron chi connectivity index (χ0n) is 20.5. The van der Waals surface area contributed by atoms with Gasteiger partial charge in [-0.1, -0.05) is 54.8 Å². The number of carbonyl (C=O) groups is 2. The summed E-state index contributed by atoms with van der Waals surface area (Å²) in [5.74, 6) is 0.772. The quantitative estimate of drug-likeness (QED) is 0.509. The lowest BCUT2D eigenvalue weighted by Gasteiger charge is -2.29. The Morgan fingerprint density at radius 1 is 1.11 bits per heavy atom. The number of hydrogen-bond donors (Lipinski definition) is 1. The van der Waals surface area contributed by atoms with Gasteiger partial charge in [0.15, 0.2) is 0 Å². The largest absolute Gasteiger partial charge is 0.497 e. The van der Waals surface area contributed by atoms with E-state index in [9.17, 15) is 9.59 Å². The molecule has 1 N–H and O–H groups in total. The topological polar surface area (TPSA) is 102 Å². The van der Waals surface area contributed by atoms with Gasteiger partial charge in [-0.3, -0.25) is 9.59 Å². The first-order valence-electron chi connectivity index (χ1n) is 12.0. The van der Waals surface area contributed by atoms with Crippen molar-refractivity contribution in [1.29, 1.82) is 0 Å². The van der Waals surface area contributed by atoms with E-state index in [4.69, 9.17) is 4.74 Å². The van der Waals surface area contributed by atoms with Crippen LogP contribution in [0.5, 0.6) is 5.75 Å². The molecule has 0 bridgehead atoms. The summed E-state index contributed by atoms with van der Waals surface area (Å²) in [6.45, 7) is 3.93. The van der Waals surface area contributed by atoms with E-state index in [-0.39, 0.29) is 30.9 Å². The van der Waals surface area contributed by atoms with Gasteiger partial charge in [-0.25, -0.2) is 0 Å². The summed E-state index contributed by atoms with van der Waals surface area (Å²) in [5.41, 5.74) is 2.86. The van der Waals surface area contributed by atoms with Crippen molar-refractivity contribution in [3.8, 4) is 17.1 Å². The Hall–Kier alpha value is -3.75. The van der Waals surface area contributed by atoms with Crippen molar-refractivity contribution in [2.45, 2.75) is 64.7 Å². The van der Waals surface area contributed by atoms with Gasteiger partial charge in [0.05, 0.1) is 7.11 Å². The summed E-state index contributed by atoms with van der Waals surface area (Å²) < 4.78 is 5.23. The predicted molar refractivity (Wildman–Crippen MR) is 131 cm³/mol.